The number of aromatic amines is 1. The molecule has 0 spiro atoms. The van der Waals surface area contributed by atoms with Crippen LogP contribution in [0.2, 0.25) is 5.02 Å². The Balaban J connectivity index is 2.11. The van der Waals surface area contributed by atoms with Crippen molar-refractivity contribution in [1.82, 2.24) is 24.5 Å². The first-order valence-electron chi connectivity index (χ1n) is 6.33. The Hall–Kier alpha value is -2.60. The summed E-state index contributed by atoms with van der Waals surface area (Å²) >= 11 is 6.02. The summed E-state index contributed by atoms with van der Waals surface area (Å²) in [6.45, 7) is 0. The highest BCUT2D eigenvalue weighted by atomic mass is 35.5. The van der Waals surface area contributed by atoms with Crippen molar-refractivity contribution in [2.24, 2.45) is 7.05 Å². The molecule has 4 aromatic rings. The van der Waals surface area contributed by atoms with Crippen molar-refractivity contribution >= 4 is 33.4 Å². The number of nitrogens with zero attached hydrogens (tertiary/aromatic N) is 4. The average molecular weight is 300 g/mol. The number of nitrogens with one attached hydrogen (secondary N) is 1. The van der Waals surface area contributed by atoms with Crippen LogP contribution >= 0.6 is 11.6 Å². The first-order chi connectivity index (χ1) is 10.1. The van der Waals surface area contributed by atoms with Gasteiger partial charge in [0.15, 0.2) is 5.82 Å². The highest BCUT2D eigenvalue weighted by Crippen LogP contribution is 2.25. The van der Waals surface area contributed by atoms with Crippen LogP contribution in [0.25, 0.3) is 27.6 Å². The van der Waals surface area contributed by atoms with E-state index in [2.05, 4.69) is 15.2 Å². The predicted molar refractivity (Wildman–Crippen MR) is 81.0 cm³/mol. The van der Waals surface area contributed by atoms with Crippen LogP contribution in [-0.4, -0.2) is 24.5 Å². The smallest absolute Gasteiger partial charge is 0.297 e. The van der Waals surface area contributed by atoms with Crippen molar-refractivity contribution in [2.45, 2.75) is 0 Å². The Labute approximate surface area is 123 Å². The van der Waals surface area contributed by atoms with Gasteiger partial charge in [-0.05, 0) is 18.2 Å². The molecule has 0 fully saturated rings. The third-order valence-corrected chi connectivity index (χ3v) is 3.76. The normalized spacial score (nSPS) is 11.5. The fraction of sp³-hybridized carbons (Fsp3) is 0.0714. The molecule has 3 aromatic heterocycles. The number of hydrogen-bond donors (Lipinski definition) is 1. The van der Waals surface area contributed by atoms with E-state index < -0.39 is 0 Å². The number of aromatic nitrogens is 5. The van der Waals surface area contributed by atoms with Gasteiger partial charge in [0, 0.05) is 34.4 Å². The van der Waals surface area contributed by atoms with Crippen molar-refractivity contribution in [1.29, 1.82) is 0 Å². The van der Waals surface area contributed by atoms with Gasteiger partial charge in [-0.25, -0.2) is 0 Å². The molecule has 0 aliphatic carbocycles. The lowest BCUT2D eigenvalue weighted by atomic mass is 10.2. The molecule has 0 aliphatic heterocycles. The number of fused-ring (bicyclic) bond motifs is 3. The first kappa shape index (κ1) is 12.2. The van der Waals surface area contributed by atoms with Gasteiger partial charge >= 0.3 is 0 Å². The van der Waals surface area contributed by atoms with Crippen molar-refractivity contribution in [2.75, 3.05) is 0 Å². The maximum Gasteiger partial charge on any atom is 0.297 e. The minimum atomic E-state index is -0.219. The molecule has 0 aliphatic rings. The molecule has 0 unspecified atom stereocenters. The molecule has 6 nitrogen and oxygen atoms in total. The number of hydrogen-bond acceptors (Lipinski definition) is 3. The van der Waals surface area contributed by atoms with E-state index in [4.69, 9.17) is 11.6 Å². The first-order valence-corrected chi connectivity index (χ1v) is 6.70. The molecule has 0 radical (unpaired) electrons. The van der Waals surface area contributed by atoms with E-state index in [1.807, 2.05) is 12.1 Å². The van der Waals surface area contributed by atoms with Crippen LogP contribution < -0.4 is 5.56 Å². The zero-order chi connectivity index (χ0) is 14.6. The third-order valence-electron chi connectivity index (χ3n) is 3.52. The quantitative estimate of drug-likeness (QED) is 0.586. The maximum absolute atomic E-state index is 12.6. The molecule has 0 saturated heterocycles. The van der Waals surface area contributed by atoms with Crippen molar-refractivity contribution in [3.8, 4) is 5.82 Å². The Morgan fingerprint density at radius 1 is 1.19 bits per heavy atom. The van der Waals surface area contributed by atoms with Crippen LogP contribution in [0.15, 0.2) is 41.5 Å². The summed E-state index contributed by atoms with van der Waals surface area (Å²) < 4.78 is 2.92. The Kier molecular flexibility index (Phi) is 2.43. The fourth-order valence-electron chi connectivity index (χ4n) is 2.50. The highest BCUT2D eigenvalue weighted by Gasteiger charge is 2.13. The number of rotatable bonds is 1. The van der Waals surface area contributed by atoms with Crippen LogP contribution in [-0.2, 0) is 7.05 Å². The molecule has 0 bridgehead atoms. The number of benzene rings is 1. The number of H-pyrrole nitrogens is 1. The molecule has 104 valence electrons. The van der Waals surface area contributed by atoms with Gasteiger partial charge in [0.1, 0.15) is 5.52 Å². The molecule has 3 heterocycles. The Bertz CT molecular complexity index is 1040. The summed E-state index contributed by atoms with van der Waals surface area (Å²) in [6, 6.07) is 7.20. The monoisotopic (exact) mass is 299 g/mol. The minimum absolute atomic E-state index is 0.219. The van der Waals surface area contributed by atoms with Gasteiger partial charge in [0.05, 0.1) is 12.4 Å². The average Bonchev–Trinajstić information content (AvgIpc) is 3.04. The lowest BCUT2D eigenvalue weighted by Crippen LogP contribution is -2.23. The molecular formula is C14H10ClN5O. The van der Waals surface area contributed by atoms with Crippen LogP contribution in [0.1, 0.15) is 0 Å². The molecule has 7 heteroatoms. The summed E-state index contributed by atoms with van der Waals surface area (Å²) in [6.07, 6.45) is 3.29. The lowest BCUT2D eigenvalue weighted by molar-refractivity contribution is 0.680. The molecular weight excluding hydrogens is 290 g/mol. The second kappa shape index (κ2) is 4.20. The third kappa shape index (κ3) is 1.69. The van der Waals surface area contributed by atoms with Gasteiger partial charge in [-0.15, -0.1) is 0 Å². The fourth-order valence-corrected chi connectivity index (χ4v) is 2.67. The zero-order valence-corrected chi connectivity index (χ0v) is 11.8. The summed E-state index contributed by atoms with van der Waals surface area (Å²) in [5, 5.41) is 10.6. The zero-order valence-electron chi connectivity index (χ0n) is 11.0. The molecule has 1 aromatic carbocycles. The van der Waals surface area contributed by atoms with Crippen LogP contribution in [0.3, 0.4) is 0 Å². The van der Waals surface area contributed by atoms with Gasteiger partial charge in [-0.3, -0.25) is 9.48 Å². The van der Waals surface area contributed by atoms with Crippen LogP contribution in [0, 0.1) is 0 Å². The van der Waals surface area contributed by atoms with E-state index >= 15 is 0 Å². The van der Waals surface area contributed by atoms with E-state index in [-0.39, 0.29) is 5.56 Å². The van der Waals surface area contributed by atoms with Crippen molar-refractivity contribution in [3.63, 3.8) is 0 Å². The van der Waals surface area contributed by atoms with E-state index in [0.717, 1.165) is 16.3 Å². The Morgan fingerprint density at radius 3 is 2.81 bits per heavy atom. The molecule has 21 heavy (non-hydrogen) atoms. The second-order valence-corrected chi connectivity index (χ2v) is 5.21. The molecule has 0 saturated carbocycles. The largest absolute Gasteiger partial charge is 0.350 e. The lowest BCUT2D eigenvalue weighted by Gasteiger charge is -2.03. The van der Waals surface area contributed by atoms with Gasteiger partial charge in [0.2, 0.25) is 0 Å². The SMILES string of the molecule is Cn1nccc1-n1ncc2c([nH]c3ccc(Cl)cc32)c1=O. The molecule has 0 amide bonds. The molecule has 1 N–H and O–H groups in total. The summed E-state index contributed by atoms with van der Waals surface area (Å²) in [5.41, 5.74) is 1.14. The number of aryl methyl sites for hydroxylation is 1. The number of halogens is 1. The highest BCUT2D eigenvalue weighted by molar-refractivity contribution is 6.31. The van der Waals surface area contributed by atoms with Crippen molar-refractivity contribution < 1.29 is 0 Å². The van der Waals surface area contributed by atoms with Crippen molar-refractivity contribution in [3.05, 3.63) is 52.0 Å². The summed E-state index contributed by atoms with van der Waals surface area (Å²) in [4.78, 5) is 15.8. The van der Waals surface area contributed by atoms with Crippen LogP contribution in [0.4, 0.5) is 0 Å². The minimum Gasteiger partial charge on any atom is -0.350 e. The maximum atomic E-state index is 12.6. The Morgan fingerprint density at radius 2 is 2.05 bits per heavy atom. The standard InChI is InChI=1S/C14H10ClN5O/c1-19-12(4-5-16-19)20-14(21)13-10(7-17-20)9-6-8(15)2-3-11(9)18-13/h2-7,18H,1H3. The summed E-state index contributed by atoms with van der Waals surface area (Å²) in [7, 11) is 1.76. The molecule has 4 rings (SSSR count). The van der Waals surface area contributed by atoms with Gasteiger partial charge < -0.3 is 4.98 Å². The van der Waals surface area contributed by atoms with E-state index in [1.54, 1.807) is 36.3 Å². The van der Waals surface area contributed by atoms with Gasteiger partial charge in [-0.1, -0.05) is 11.6 Å². The van der Waals surface area contributed by atoms with Crippen LogP contribution in [0.5, 0.6) is 0 Å². The predicted octanol–water partition coefficient (Wildman–Crippen LogP) is 2.25. The summed E-state index contributed by atoms with van der Waals surface area (Å²) in [5.74, 6) is 0.610. The topological polar surface area (TPSA) is 68.5 Å². The van der Waals surface area contributed by atoms with E-state index in [9.17, 15) is 4.79 Å². The van der Waals surface area contributed by atoms with Gasteiger partial charge in [-0.2, -0.15) is 14.9 Å². The molecule has 0 atom stereocenters. The second-order valence-electron chi connectivity index (χ2n) is 4.78. The van der Waals surface area contributed by atoms with Gasteiger partial charge in [0.25, 0.3) is 5.56 Å². The van der Waals surface area contributed by atoms with E-state index in [0.29, 0.717) is 16.4 Å². The van der Waals surface area contributed by atoms with E-state index in [1.165, 1.54) is 4.68 Å².